The summed E-state index contributed by atoms with van der Waals surface area (Å²) in [6, 6.07) is 3.26. The highest BCUT2D eigenvalue weighted by molar-refractivity contribution is 5.73. The van der Waals surface area contributed by atoms with E-state index in [1.54, 1.807) is 12.1 Å². The van der Waals surface area contributed by atoms with Gasteiger partial charge in [0.05, 0.1) is 20.1 Å². The standard InChI is InChI=1S/C16H22O4/c1-4-5-6-7-8-20-16(18)11-13-10-15(19-3)14(17)9-12(13)2/h5-6,9-10,17H,4,7-8,11H2,1-3H3/b6-5-. The largest absolute Gasteiger partial charge is 0.504 e. The number of ether oxygens (including phenoxy) is 2. The van der Waals surface area contributed by atoms with Gasteiger partial charge < -0.3 is 14.6 Å². The number of phenolic OH excluding ortho intramolecular Hbond substituents is 1. The minimum Gasteiger partial charge on any atom is -0.504 e. The third-order valence-electron chi connectivity index (χ3n) is 2.92. The second-order valence-corrected chi connectivity index (χ2v) is 4.52. The number of aryl methyl sites for hydroxylation is 1. The van der Waals surface area contributed by atoms with Crippen molar-refractivity contribution in [3.05, 3.63) is 35.4 Å². The molecule has 0 aliphatic carbocycles. The van der Waals surface area contributed by atoms with Gasteiger partial charge in [0.25, 0.3) is 0 Å². The molecule has 0 unspecified atom stereocenters. The Labute approximate surface area is 120 Å². The van der Waals surface area contributed by atoms with Crippen molar-refractivity contribution in [2.75, 3.05) is 13.7 Å². The molecule has 4 heteroatoms. The second kappa shape index (κ2) is 8.25. The molecule has 20 heavy (non-hydrogen) atoms. The van der Waals surface area contributed by atoms with Crippen molar-refractivity contribution >= 4 is 5.97 Å². The quantitative estimate of drug-likeness (QED) is 0.473. The summed E-state index contributed by atoms with van der Waals surface area (Å²) < 4.78 is 10.2. The number of phenols is 1. The molecule has 0 heterocycles. The van der Waals surface area contributed by atoms with E-state index in [-0.39, 0.29) is 18.1 Å². The first-order valence-corrected chi connectivity index (χ1v) is 6.75. The van der Waals surface area contributed by atoms with Crippen LogP contribution in [-0.4, -0.2) is 24.8 Å². The molecule has 1 N–H and O–H groups in total. The van der Waals surface area contributed by atoms with Crippen LogP contribution in [0.1, 0.15) is 30.9 Å². The van der Waals surface area contributed by atoms with Crippen LogP contribution in [0.3, 0.4) is 0 Å². The van der Waals surface area contributed by atoms with Crippen molar-refractivity contribution in [1.29, 1.82) is 0 Å². The summed E-state index contributed by atoms with van der Waals surface area (Å²) in [4.78, 5) is 11.7. The van der Waals surface area contributed by atoms with Gasteiger partial charge in [-0.05, 0) is 43.0 Å². The van der Waals surface area contributed by atoms with Gasteiger partial charge in [0, 0.05) is 0 Å². The Morgan fingerprint density at radius 1 is 1.35 bits per heavy atom. The molecular weight excluding hydrogens is 256 g/mol. The molecular formula is C16H22O4. The van der Waals surface area contributed by atoms with Gasteiger partial charge in [-0.1, -0.05) is 19.1 Å². The molecule has 0 bridgehead atoms. The Morgan fingerprint density at radius 3 is 2.75 bits per heavy atom. The summed E-state index contributed by atoms with van der Waals surface area (Å²) in [5.41, 5.74) is 1.64. The lowest BCUT2D eigenvalue weighted by atomic mass is 10.0. The van der Waals surface area contributed by atoms with E-state index in [0.29, 0.717) is 12.4 Å². The van der Waals surface area contributed by atoms with Gasteiger partial charge in [-0.15, -0.1) is 0 Å². The molecule has 0 aliphatic rings. The maximum Gasteiger partial charge on any atom is 0.310 e. The highest BCUT2D eigenvalue weighted by Gasteiger charge is 2.11. The van der Waals surface area contributed by atoms with Gasteiger partial charge in [-0.2, -0.15) is 0 Å². The predicted molar refractivity (Wildman–Crippen MR) is 78.1 cm³/mol. The van der Waals surface area contributed by atoms with Crippen LogP contribution in [0.2, 0.25) is 0 Å². The molecule has 0 atom stereocenters. The maximum atomic E-state index is 11.7. The second-order valence-electron chi connectivity index (χ2n) is 4.52. The van der Waals surface area contributed by atoms with Gasteiger partial charge in [0.15, 0.2) is 11.5 Å². The summed E-state index contributed by atoms with van der Waals surface area (Å²) in [6.07, 6.45) is 5.95. The molecule has 0 aromatic heterocycles. The summed E-state index contributed by atoms with van der Waals surface area (Å²) in [5, 5.41) is 9.62. The number of methoxy groups -OCH3 is 1. The van der Waals surface area contributed by atoms with Gasteiger partial charge in [-0.3, -0.25) is 4.79 Å². The first-order valence-electron chi connectivity index (χ1n) is 6.75. The first kappa shape index (κ1) is 16.1. The minimum atomic E-state index is -0.272. The molecule has 1 aromatic rings. The Hall–Kier alpha value is -1.97. The normalized spacial score (nSPS) is 10.8. The number of carbonyl (C=O) groups is 1. The number of hydrogen-bond acceptors (Lipinski definition) is 4. The van der Waals surface area contributed by atoms with Crippen LogP contribution in [0, 0.1) is 6.92 Å². The highest BCUT2D eigenvalue weighted by atomic mass is 16.5. The van der Waals surface area contributed by atoms with Gasteiger partial charge in [0.1, 0.15) is 0 Å². The van der Waals surface area contributed by atoms with E-state index in [1.165, 1.54) is 7.11 Å². The monoisotopic (exact) mass is 278 g/mol. The zero-order valence-corrected chi connectivity index (χ0v) is 12.3. The van der Waals surface area contributed by atoms with Crippen LogP contribution in [0.15, 0.2) is 24.3 Å². The Morgan fingerprint density at radius 2 is 2.10 bits per heavy atom. The van der Waals surface area contributed by atoms with E-state index in [4.69, 9.17) is 9.47 Å². The van der Waals surface area contributed by atoms with Gasteiger partial charge >= 0.3 is 5.97 Å². The van der Waals surface area contributed by atoms with Crippen molar-refractivity contribution in [3.63, 3.8) is 0 Å². The third kappa shape index (κ3) is 4.96. The maximum absolute atomic E-state index is 11.7. The zero-order valence-electron chi connectivity index (χ0n) is 12.3. The van der Waals surface area contributed by atoms with Crippen LogP contribution < -0.4 is 4.74 Å². The fourth-order valence-corrected chi connectivity index (χ4v) is 1.80. The zero-order chi connectivity index (χ0) is 15.0. The average Bonchev–Trinajstić information content (AvgIpc) is 2.41. The lowest BCUT2D eigenvalue weighted by Crippen LogP contribution is -2.09. The van der Waals surface area contributed by atoms with Crippen LogP contribution >= 0.6 is 0 Å². The van der Waals surface area contributed by atoms with Crippen molar-refractivity contribution in [2.45, 2.75) is 33.1 Å². The molecule has 0 radical (unpaired) electrons. The van der Waals surface area contributed by atoms with Gasteiger partial charge in [0.2, 0.25) is 0 Å². The van der Waals surface area contributed by atoms with Crippen molar-refractivity contribution in [2.24, 2.45) is 0 Å². The van der Waals surface area contributed by atoms with Crippen molar-refractivity contribution in [3.8, 4) is 11.5 Å². The molecule has 110 valence electrons. The molecule has 0 amide bonds. The summed E-state index contributed by atoms with van der Waals surface area (Å²) in [6.45, 7) is 4.29. The van der Waals surface area contributed by atoms with Gasteiger partial charge in [-0.25, -0.2) is 0 Å². The van der Waals surface area contributed by atoms with Crippen molar-refractivity contribution in [1.82, 2.24) is 0 Å². The predicted octanol–water partition coefficient (Wildman–Crippen LogP) is 3.15. The summed E-state index contributed by atoms with van der Waals surface area (Å²) in [7, 11) is 1.48. The number of rotatable bonds is 7. The molecule has 1 aromatic carbocycles. The van der Waals surface area contributed by atoms with E-state index in [2.05, 4.69) is 6.92 Å². The van der Waals surface area contributed by atoms with Crippen LogP contribution in [0.4, 0.5) is 0 Å². The smallest absolute Gasteiger partial charge is 0.310 e. The van der Waals surface area contributed by atoms with E-state index < -0.39 is 0 Å². The minimum absolute atomic E-state index is 0.0758. The highest BCUT2D eigenvalue weighted by Crippen LogP contribution is 2.29. The van der Waals surface area contributed by atoms with E-state index >= 15 is 0 Å². The molecule has 0 saturated heterocycles. The average molecular weight is 278 g/mol. The molecule has 0 aliphatic heterocycles. The van der Waals surface area contributed by atoms with E-state index in [9.17, 15) is 9.90 Å². The number of carbonyl (C=O) groups excluding carboxylic acids is 1. The lowest BCUT2D eigenvalue weighted by Gasteiger charge is -2.10. The SMILES string of the molecule is CC/C=C\CCOC(=O)Cc1cc(OC)c(O)cc1C. The summed E-state index contributed by atoms with van der Waals surface area (Å²) in [5.74, 6) is 0.168. The lowest BCUT2D eigenvalue weighted by molar-refractivity contribution is -0.142. The molecule has 1 rings (SSSR count). The van der Waals surface area contributed by atoms with Crippen LogP contribution in [0.25, 0.3) is 0 Å². The molecule has 0 spiro atoms. The fraction of sp³-hybridized carbons (Fsp3) is 0.438. The number of aromatic hydroxyl groups is 1. The Kier molecular flexibility index (Phi) is 6.64. The Bertz CT molecular complexity index is 478. The number of esters is 1. The Balaban J connectivity index is 2.55. The molecule has 0 saturated carbocycles. The number of benzene rings is 1. The van der Waals surface area contributed by atoms with E-state index in [1.807, 2.05) is 19.1 Å². The van der Waals surface area contributed by atoms with Crippen LogP contribution in [-0.2, 0) is 16.0 Å². The fourth-order valence-electron chi connectivity index (χ4n) is 1.80. The van der Waals surface area contributed by atoms with Crippen LogP contribution in [0.5, 0.6) is 11.5 Å². The third-order valence-corrected chi connectivity index (χ3v) is 2.92. The summed E-state index contributed by atoms with van der Waals surface area (Å²) >= 11 is 0. The molecule has 0 fully saturated rings. The number of hydrogen-bond donors (Lipinski definition) is 1. The first-order chi connectivity index (χ1) is 9.58. The number of allylic oxidation sites excluding steroid dienone is 1. The van der Waals surface area contributed by atoms with Crippen molar-refractivity contribution < 1.29 is 19.4 Å². The topological polar surface area (TPSA) is 55.8 Å². The van der Waals surface area contributed by atoms with E-state index in [0.717, 1.165) is 24.0 Å². The molecule has 4 nitrogen and oxygen atoms in total.